The SMILES string of the molecule is CC(C)NCc1ncnn1CCc1ccc2c(c1)CCO2. The van der Waals surface area contributed by atoms with Crippen LogP contribution < -0.4 is 10.1 Å². The van der Waals surface area contributed by atoms with Crippen molar-refractivity contribution in [1.29, 1.82) is 0 Å². The van der Waals surface area contributed by atoms with Gasteiger partial charge in [-0.1, -0.05) is 26.0 Å². The van der Waals surface area contributed by atoms with Gasteiger partial charge in [0.05, 0.1) is 13.2 Å². The predicted octanol–water partition coefficient (Wildman–Crippen LogP) is 1.95. The molecule has 0 bridgehead atoms. The van der Waals surface area contributed by atoms with E-state index in [1.807, 2.05) is 4.68 Å². The van der Waals surface area contributed by atoms with Crippen molar-refractivity contribution in [3.63, 3.8) is 0 Å². The number of benzene rings is 1. The first-order valence-corrected chi connectivity index (χ1v) is 7.57. The first-order valence-electron chi connectivity index (χ1n) is 7.57. The Hall–Kier alpha value is -1.88. The zero-order chi connectivity index (χ0) is 14.7. The average Bonchev–Trinajstić information content (AvgIpc) is 3.11. The summed E-state index contributed by atoms with van der Waals surface area (Å²) in [7, 11) is 0. The Labute approximate surface area is 125 Å². The maximum atomic E-state index is 5.54. The van der Waals surface area contributed by atoms with Crippen LogP contribution >= 0.6 is 0 Å². The number of fused-ring (bicyclic) bond motifs is 1. The van der Waals surface area contributed by atoms with Crippen molar-refractivity contribution in [2.24, 2.45) is 0 Å². The lowest BCUT2D eigenvalue weighted by atomic mass is 10.1. The van der Waals surface area contributed by atoms with Gasteiger partial charge in [0.2, 0.25) is 0 Å². The maximum Gasteiger partial charge on any atom is 0.140 e. The fourth-order valence-electron chi connectivity index (χ4n) is 2.54. The Morgan fingerprint density at radius 1 is 1.38 bits per heavy atom. The molecule has 0 atom stereocenters. The summed E-state index contributed by atoms with van der Waals surface area (Å²) in [6, 6.07) is 6.94. The Bertz CT molecular complexity index is 606. The molecule has 1 aromatic heterocycles. The minimum absolute atomic E-state index is 0.451. The summed E-state index contributed by atoms with van der Waals surface area (Å²) < 4.78 is 7.53. The molecule has 0 saturated carbocycles. The monoisotopic (exact) mass is 286 g/mol. The van der Waals surface area contributed by atoms with Crippen LogP contribution in [0.15, 0.2) is 24.5 Å². The van der Waals surface area contributed by atoms with Crippen LogP contribution in [0.25, 0.3) is 0 Å². The molecule has 5 heteroatoms. The van der Waals surface area contributed by atoms with E-state index < -0.39 is 0 Å². The van der Waals surface area contributed by atoms with E-state index >= 15 is 0 Å². The largest absolute Gasteiger partial charge is 0.493 e. The zero-order valence-corrected chi connectivity index (χ0v) is 12.7. The topological polar surface area (TPSA) is 52.0 Å². The Kier molecular flexibility index (Phi) is 4.20. The predicted molar refractivity (Wildman–Crippen MR) is 81.3 cm³/mol. The van der Waals surface area contributed by atoms with Crippen molar-refractivity contribution in [3.8, 4) is 5.75 Å². The minimum Gasteiger partial charge on any atom is -0.493 e. The lowest BCUT2D eigenvalue weighted by molar-refractivity contribution is 0.357. The second-order valence-electron chi connectivity index (χ2n) is 5.73. The van der Waals surface area contributed by atoms with Crippen molar-refractivity contribution < 1.29 is 4.74 Å². The summed E-state index contributed by atoms with van der Waals surface area (Å²) in [5, 5.41) is 7.70. The molecular formula is C16H22N4O. The van der Waals surface area contributed by atoms with Gasteiger partial charge in [-0.2, -0.15) is 5.10 Å². The molecule has 0 unspecified atom stereocenters. The molecule has 1 N–H and O–H groups in total. The van der Waals surface area contributed by atoms with E-state index in [-0.39, 0.29) is 0 Å². The molecule has 2 heterocycles. The number of aryl methyl sites for hydroxylation is 2. The first-order chi connectivity index (χ1) is 10.2. The van der Waals surface area contributed by atoms with Crippen LogP contribution in [0.4, 0.5) is 0 Å². The normalized spacial score (nSPS) is 13.5. The molecule has 0 aliphatic carbocycles. The van der Waals surface area contributed by atoms with E-state index in [2.05, 4.69) is 47.4 Å². The third kappa shape index (κ3) is 3.42. The van der Waals surface area contributed by atoms with E-state index in [1.54, 1.807) is 6.33 Å². The fourth-order valence-corrected chi connectivity index (χ4v) is 2.54. The van der Waals surface area contributed by atoms with Gasteiger partial charge in [0.25, 0.3) is 0 Å². The highest BCUT2D eigenvalue weighted by molar-refractivity contribution is 5.39. The quantitative estimate of drug-likeness (QED) is 0.882. The lowest BCUT2D eigenvalue weighted by Gasteiger charge is -2.10. The average molecular weight is 286 g/mol. The van der Waals surface area contributed by atoms with Crippen molar-refractivity contribution in [2.75, 3.05) is 6.61 Å². The van der Waals surface area contributed by atoms with Crippen LogP contribution in [0.2, 0.25) is 0 Å². The molecule has 0 radical (unpaired) electrons. The number of rotatable bonds is 6. The van der Waals surface area contributed by atoms with Gasteiger partial charge in [0.1, 0.15) is 17.9 Å². The highest BCUT2D eigenvalue weighted by atomic mass is 16.5. The van der Waals surface area contributed by atoms with E-state index in [9.17, 15) is 0 Å². The van der Waals surface area contributed by atoms with Crippen LogP contribution in [-0.4, -0.2) is 27.4 Å². The molecule has 1 aliphatic rings. The van der Waals surface area contributed by atoms with Gasteiger partial charge < -0.3 is 10.1 Å². The van der Waals surface area contributed by atoms with Gasteiger partial charge in [-0.15, -0.1) is 0 Å². The molecule has 1 aliphatic heterocycles. The third-order valence-corrected chi connectivity index (χ3v) is 3.73. The lowest BCUT2D eigenvalue weighted by Crippen LogP contribution is -2.24. The molecule has 3 rings (SSSR count). The number of nitrogens with zero attached hydrogens (tertiary/aromatic N) is 3. The van der Waals surface area contributed by atoms with Gasteiger partial charge in [0.15, 0.2) is 0 Å². The summed E-state index contributed by atoms with van der Waals surface area (Å²) in [5.74, 6) is 2.04. The second kappa shape index (κ2) is 6.26. The Morgan fingerprint density at radius 3 is 3.14 bits per heavy atom. The van der Waals surface area contributed by atoms with Crippen molar-refractivity contribution in [3.05, 3.63) is 41.5 Å². The molecule has 0 saturated heterocycles. The number of aromatic nitrogens is 3. The van der Waals surface area contributed by atoms with Crippen LogP contribution in [0.1, 0.15) is 30.8 Å². The van der Waals surface area contributed by atoms with Crippen molar-refractivity contribution in [2.45, 2.75) is 45.8 Å². The molecule has 0 fully saturated rings. The number of ether oxygens (including phenoxy) is 1. The zero-order valence-electron chi connectivity index (χ0n) is 12.7. The van der Waals surface area contributed by atoms with E-state index in [4.69, 9.17) is 4.74 Å². The maximum absolute atomic E-state index is 5.54. The molecule has 5 nitrogen and oxygen atoms in total. The van der Waals surface area contributed by atoms with Gasteiger partial charge in [-0.3, -0.25) is 0 Å². The number of hydrogen-bond acceptors (Lipinski definition) is 4. The van der Waals surface area contributed by atoms with Gasteiger partial charge >= 0.3 is 0 Å². The minimum atomic E-state index is 0.451. The first kappa shape index (κ1) is 14.1. The van der Waals surface area contributed by atoms with Crippen LogP contribution in [0.3, 0.4) is 0 Å². The van der Waals surface area contributed by atoms with Crippen molar-refractivity contribution >= 4 is 0 Å². The number of nitrogens with one attached hydrogen (secondary N) is 1. The highest BCUT2D eigenvalue weighted by Crippen LogP contribution is 2.26. The summed E-state index contributed by atoms with van der Waals surface area (Å²) in [4.78, 5) is 4.33. The number of hydrogen-bond donors (Lipinski definition) is 1. The molecule has 21 heavy (non-hydrogen) atoms. The molecule has 0 amide bonds. The van der Waals surface area contributed by atoms with Gasteiger partial charge in [-0.25, -0.2) is 9.67 Å². The third-order valence-electron chi connectivity index (χ3n) is 3.73. The van der Waals surface area contributed by atoms with Gasteiger partial charge in [0, 0.05) is 19.0 Å². The summed E-state index contributed by atoms with van der Waals surface area (Å²) in [6.07, 6.45) is 3.62. The molecular weight excluding hydrogens is 264 g/mol. The summed E-state index contributed by atoms with van der Waals surface area (Å²) in [5.41, 5.74) is 2.66. The van der Waals surface area contributed by atoms with E-state index in [0.29, 0.717) is 6.04 Å². The van der Waals surface area contributed by atoms with Gasteiger partial charge in [-0.05, 0) is 23.6 Å². The standard InChI is InChI=1S/C16H22N4O/c1-12(2)17-10-16-18-11-19-20(16)7-5-13-3-4-15-14(9-13)6-8-21-15/h3-4,9,11-12,17H,5-8,10H2,1-2H3. The molecule has 2 aromatic rings. The summed E-state index contributed by atoms with van der Waals surface area (Å²) in [6.45, 7) is 6.69. The van der Waals surface area contributed by atoms with E-state index in [1.165, 1.54) is 11.1 Å². The second-order valence-corrected chi connectivity index (χ2v) is 5.73. The molecule has 0 spiro atoms. The molecule has 1 aromatic carbocycles. The smallest absolute Gasteiger partial charge is 0.140 e. The molecule has 112 valence electrons. The van der Waals surface area contributed by atoms with Crippen molar-refractivity contribution in [1.82, 2.24) is 20.1 Å². The van der Waals surface area contributed by atoms with Crippen LogP contribution in [0.5, 0.6) is 5.75 Å². The summed E-state index contributed by atoms with van der Waals surface area (Å²) >= 11 is 0. The fraction of sp³-hybridized carbons (Fsp3) is 0.500. The van der Waals surface area contributed by atoms with E-state index in [0.717, 1.165) is 44.1 Å². The Morgan fingerprint density at radius 2 is 2.29 bits per heavy atom. The Balaban J connectivity index is 1.61. The van der Waals surface area contributed by atoms with Crippen LogP contribution in [0, 0.1) is 0 Å². The van der Waals surface area contributed by atoms with Crippen LogP contribution in [-0.2, 0) is 25.9 Å². The highest BCUT2D eigenvalue weighted by Gasteiger charge is 2.12.